The van der Waals surface area contributed by atoms with Gasteiger partial charge in [0.2, 0.25) is 0 Å². The Bertz CT molecular complexity index is 450. The standard InChI is InChI=1S/C16H22N2O/c1-2-4-15-12(3-1)5-6-19-16(15)11-18-9-13-7-17-8-14(13)10-18/h1-4,13-14,16-17H,5-11H2/t13-,14+,16?. The molecule has 3 aliphatic rings. The van der Waals surface area contributed by atoms with Crippen LogP contribution in [-0.4, -0.2) is 44.2 Å². The number of nitrogens with one attached hydrogen (secondary N) is 1. The first-order chi connectivity index (χ1) is 9.40. The molecule has 0 bridgehead atoms. The number of benzene rings is 1. The highest BCUT2D eigenvalue weighted by molar-refractivity contribution is 5.31. The predicted octanol–water partition coefficient (Wildman–Crippen LogP) is 1.45. The van der Waals surface area contributed by atoms with Crippen molar-refractivity contribution in [2.45, 2.75) is 12.5 Å². The van der Waals surface area contributed by atoms with Crippen molar-refractivity contribution < 1.29 is 4.74 Å². The lowest BCUT2D eigenvalue weighted by molar-refractivity contribution is 0.0193. The van der Waals surface area contributed by atoms with Gasteiger partial charge in [-0.1, -0.05) is 24.3 Å². The number of rotatable bonds is 2. The summed E-state index contributed by atoms with van der Waals surface area (Å²) in [5.74, 6) is 1.75. The Morgan fingerprint density at radius 1 is 1.16 bits per heavy atom. The van der Waals surface area contributed by atoms with Gasteiger partial charge in [-0.2, -0.15) is 0 Å². The fourth-order valence-corrected chi connectivity index (χ4v) is 3.96. The van der Waals surface area contributed by atoms with Crippen LogP contribution in [0.1, 0.15) is 17.2 Å². The maximum Gasteiger partial charge on any atom is 0.0954 e. The Labute approximate surface area is 114 Å². The monoisotopic (exact) mass is 258 g/mol. The van der Waals surface area contributed by atoms with Gasteiger partial charge in [0, 0.05) is 19.6 Å². The summed E-state index contributed by atoms with van der Waals surface area (Å²) in [7, 11) is 0. The molecule has 2 fully saturated rings. The highest BCUT2D eigenvalue weighted by atomic mass is 16.5. The molecule has 0 aliphatic carbocycles. The van der Waals surface area contributed by atoms with E-state index in [1.54, 1.807) is 0 Å². The van der Waals surface area contributed by atoms with Crippen LogP contribution in [-0.2, 0) is 11.2 Å². The van der Waals surface area contributed by atoms with Crippen LogP contribution in [0.2, 0.25) is 0 Å². The third-order valence-corrected chi connectivity index (χ3v) is 4.98. The van der Waals surface area contributed by atoms with Crippen LogP contribution in [0.4, 0.5) is 0 Å². The summed E-state index contributed by atoms with van der Waals surface area (Å²) in [5.41, 5.74) is 2.91. The van der Waals surface area contributed by atoms with Crippen molar-refractivity contribution in [3.63, 3.8) is 0 Å². The Morgan fingerprint density at radius 2 is 1.95 bits per heavy atom. The molecule has 0 amide bonds. The third-order valence-electron chi connectivity index (χ3n) is 4.98. The van der Waals surface area contributed by atoms with Crippen LogP contribution in [0.15, 0.2) is 24.3 Å². The van der Waals surface area contributed by atoms with E-state index in [1.165, 1.54) is 37.3 Å². The van der Waals surface area contributed by atoms with Gasteiger partial charge in [-0.05, 0) is 42.5 Å². The molecule has 3 aliphatic heterocycles. The lowest BCUT2D eigenvalue weighted by atomic mass is 9.97. The van der Waals surface area contributed by atoms with Crippen molar-refractivity contribution in [3.05, 3.63) is 35.4 Å². The second-order valence-electron chi connectivity index (χ2n) is 6.21. The average Bonchev–Trinajstić information content (AvgIpc) is 3.00. The van der Waals surface area contributed by atoms with Crippen LogP contribution in [0.3, 0.4) is 0 Å². The van der Waals surface area contributed by atoms with E-state index in [0.29, 0.717) is 0 Å². The summed E-state index contributed by atoms with van der Waals surface area (Å²) in [5, 5.41) is 3.51. The molecule has 1 aromatic rings. The topological polar surface area (TPSA) is 24.5 Å². The Hall–Kier alpha value is -0.900. The fraction of sp³-hybridized carbons (Fsp3) is 0.625. The lowest BCUT2D eigenvalue weighted by Crippen LogP contribution is -2.32. The maximum atomic E-state index is 6.03. The van der Waals surface area contributed by atoms with E-state index in [9.17, 15) is 0 Å². The molecule has 0 radical (unpaired) electrons. The molecule has 2 saturated heterocycles. The van der Waals surface area contributed by atoms with E-state index >= 15 is 0 Å². The highest BCUT2D eigenvalue weighted by Crippen LogP contribution is 2.31. The van der Waals surface area contributed by atoms with Crippen LogP contribution in [0, 0.1) is 11.8 Å². The van der Waals surface area contributed by atoms with Crippen molar-refractivity contribution in [1.82, 2.24) is 10.2 Å². The van der Waals surface area contributed by atoms with Crippen LogP contribution >= 0.6 is 0 Å². The smallest absolute Gasteiger partial charge is 0.0954 e. The second kappa shape index (κ2) is 4.89. The van der Waals surface area contributed by atoms with Gasteiger partial charge in [-0.15, -0.1) is 0 Å². The Morgan fingerprint density at radius 3 is 2.79 bits per heavy atom. The van der Waals surface area contributed by atoms with Crippen LogP contribution in [0.25, 0.3) is 0 Å². The fourth-order valence-electron chi connectivity index (χ4n) is 3.96. The molecule has 3 heteroatoms. The molecule has 1 aromatic carbocycles. The van der Waals surface area contributed by atoms with E-state index in [1.807, 2.05) is 0 Å². The van der Waals surface area contributed by atoms with E-state index in [2.05, 4.69) is 34.5 Å². The first kappa shape index (κ1) is 11.9. The molecule has 0 saturated carbocycles. The second-order valence-corrected chi connectivity index (χ2v) is 6.21. The molecule has 1 N–H and O–H groups in total. The van der Waals surface area contributed by atoms with Crippen LogP contribution < -0.4 is 5.32 Å². The van der Waals surface area contributed by atoms with Crippen molar-refractivity contribution >= 4 is 0 Å². The largest absolute Gasteiger partial charge is 0.372 e. The summed E-state index contributed by atoms with van der Waals surface area (Å²) in [6.07, 6.45) is 1.36. The zero-order valence-corrected chi connectivity index (χ0v) is 11.3. The highest BCUT2D eigenvalue weighted by Gasteiger charge is 2.37. The minimum absolute atomic E-state index is 0.289. The van der Waals surface area contributed by atoms with Gasteiger partial charge in [0.05, 0.1) is 12.7 Å². The molecule has 0 aromatic heterocycles. The maximum absolute atomic E-state index is 6.03. The quantitative estimate of drug-likeness (QED) is 0.869. The first-order valence-electron chi connectivity index (χ1n) is 7.52. The van der Waals surface area contributed by atoms with Crippen molar-refractivity contribution in [1.29, 1.82) is 0 Å². The van der Waals surface area contributed by atoms with Gasteiger partial charge >= 0.3 is 0 Å². The summed E-state index contributed by atoms with van der Waals surface area (Å²) in [4.78, 5) is 2.61. The number of hydrogen-bond donors (Lipinski definition) is 1. The zero-order valence-electron chi connectivity index (χ0n) is 11.3. The van der Waals surface area contributed by atoms with Crippen molar-refractivity contribution in [2.24, 2.45) is 11.8 Å². The number of nitrogens with zero attached hydrogens (tertiary/aromatic N) is 1. The van der Waals surface area contributed by atoms with Gasteiger partial charge in [-0.3, -0.25) is 4.90 Å². The van der Waals surface area contributed by atoms with Gasteiger partial charge in [-0.25, -0.2) is 0 Å². The molecule has 3 nitrogen and oxygen atoms in total. The molecule has 102 valence electrons. The van der Waals surface area contributed by atoms with Crippen LogP contribution in [0.5, 0.6) is 0 Å². The molecule has 4 rings (SSSR count). The molecule has 19 heavy (non-hydrogen) atoms. The Balaban J connectivity index is 1.47. The van der Waals surface area contributed by atoms with Gasteiger partial charge in [0.15, 0.2) is 0 Å². The minimum atomic E-state index is 0.289. The Kier molecular flexibility index (Phi) is 3.06. The molecule has 1 unspecified atom stereocenters. The summed E-state index contributed by atoms with van der Waals surface area (Å²) in [6, 6.07) is 8.79. The summed E-state index contributed by atoms with van der Waals surface area (Å²) in [6.45, 7) is 6.87. The van der Waals surface area contributed by atoms with E-state index in [-0.39, 0.29) is 6.10 Å². The zero-order chi connectivity index (χ0) is 12.7. The normalized spacial score (nSPS) is 34.2. The lowest BCUT2D eigenvalue weighted by Gasteiger charge is -2.30. The third kappa shape index (κ3) is 2.20. The number of hydrogen-bond acceptors (Lipinski definition) is 3. The molecule has 0 spiro atoms. The first-order valence-corrected chi connectivity index (χ1v) is 7.52. The molecule has 3 heterocycles. The molecular weight excluding hydrogens is 236 g/mol. The van der Waals surface area contributed by atoms with E-state index in [4.69, 9.17) is 4.74 Å². The number of fused-ring (bicyclic) bond motifs is 2. The molecular formula is C16H22N2O. The summed E-state index contributed by atoms with van der Waals surface area (Å²) >= 11 is 0. The molecule has 3 atom stereocenters. The van der Waals surface area contributed by atoms with Gasteiger partial charge in [0.25, 0.3) is 0 Å². The minimum Gasteiger partial charge on any atom is -0.372 e. The van der Waals surface area contributed by atoms with E-state index < -0.39 is 0 Å². The average molecular weight is 258 g/mol. The predicted molar refractivity (Wildman–Crippen MR) is 75.1 cm³/mol. The number of likely N-dealkylation sites (tertiary alicyclic amines) is 1. The van der Waals surface area contributed by atoms with E-state index in [0.717, 1.165) is 31.4 Å². The van der Waals surface area contributed by atoms with Crippen molar-refractivity contribution in [2.75, 3.05) is 39.3 Å². The summed E-state index contributed by atoms with van der Waals surface area (Å²) < 4.78 is 6.03. The van der Waals surface area contributed by atoms with Crippen molar-refractivity contribution in [3.8, 4) is 0 Å². The van der Waals surface area contributed by atoms with Gasteiger partial charge < -0.3 is 10.1 Å². The number of ether oxygens (including phenoxy) is 1. The van der Waals surface area contributed by atoms with Gasteiger partial charge in [0.1, 0.15) is 0 Å². The SMILES string of the molecule is c1ccc2c(c1)CCOC2CN1C[C@H]2CNC[C@H]2C1.